The molecule has 8 nitrogen and oxygen atoms in total. The van der Waals surface area contributed by atoms with Crippen LogP contribution in [-0.2, 0) is 16.6 Å². The summed E-state index contributed by atoms with van der Waals surface area (Å²) in [4.78, 5) is 17.1. The average Bonchev–Trinajstić information content (AvgIpc) is 3.22. The van der Waals surface area contributed by atoms with E-state index in [2.05, 4.69) is 4.90 Å². The van der Waals surface area contributed by atoms with Gasteiger partial charge in [0.25, 0.3) is 5.91 Å². The number of amides is 1. The Hall–Kier alpha value is -2.62. The second-order valence-electron chi connectivity index (χ2n) is 7.57. The normalized spacial score (nSPS) is 16.8. The first-order valence-corrected chi connectivity index (χ1v) is 11.2. The third-order valence-electron chi connectivity index (χ3n) is 5.38. The molecule has 0 aliphatic carbocycles. The quantitative estimate of drug-likeness (QED) is 0.716. The summed E-state index contributed by atoms with van der Waals surface area (Å²) >= 11 is 0. The zero-order valence-electron chi connectivity index (χ0n) is 17.1. The number of ether oxygens (including phenoxy) is 2. The number of nitrogens with zero attached hydrogens (tertiary/aromatic N) is 3. The van der Waals surface area contributed by atoms with E-state index in [0.29, 0.717) is 18.7 Å². The molecule has 9 heteroatoms. The molecule has 2 aromatic rings. The van der Waals surface area contributed by atoms with Gasteiger partial charge in [0.05, 0.1) is 4.90 Å². The van der Waals surface area contributed by atoms with Crippen molar-refractivity contribution in [2.75, 3.05) is 47.1 Å². The predicted molar refractivity (Wildman–Crippen MR) is 111 cm³/mol. The number of piperazine rings is 1. The van der Waals surface area contributed by atoms with Crippen molar-refractivity contribution in [2.24, 2.45) is 0 Å². The van der Waals surface area contributed by atoms with Crippen molar-refractivity contribution in [2.45, 2.75) is 11.4 Å². The molecule has 0 spiro atoms. The fourth-order valence-corrected chi connectivity index (χ4v) is 4.47. The Kier molecular flexibility index (Phi) is 5.68. The van der Waals surface area contributed by atoms with E-state index < -0.39 is 10.0 Å². The van der Waals surface area contributed by atoms with Crippen LogP contribution in [0.4, 0.5) is 0 Å². The van der Waals surface area contributed by atoms with Crippen LogP contribution >= 0.6 is 0 Å². The molecule has 1 saturated heterocycles. The van der Waals surface area contributed by atoms with Crippen molar-refractivity contribution < 1.29 is 22.7 Å². The zero-order valence-corrected chi connectivity index (χ0v) is 17.9. The van der Waals surface area contributed by atoms with Crippen molar-refractivity contribution in [3.63, 3.8) is 0 Å². The first-order valence-electron chi connectivity index (χ1n) is 9.77. The van der Waals surface area contributed by atoms with Crippen LogP contribution in [0.5, 0.6) is 11.5 Å². The molecule has 30 heavy (non-hydrogen) atoms. The average molecular weight is 432 g/mol. The van der Waals surface area contributed by atoms with Gasteiger partial charge in [0, 0.05) is 52.4 Å². The van der Waals surface area contributed by atoms with E-state index in [1.165, 1.54) is 26.2 Å². The van der Waals surface area contributed by atoms with Gasteiger partial charge in [-0.05, 0) is 42.0 Å². The van der Waals surface area contributed by atoms with E-state index >= 15 is 0 Å². The Morgan fingerprint density at radius 2 is 1.63 bits per heavy atom. The Morgan fingerprint density at radius 3 is 2.30 bits per heavy atom. The number of carbonyl (C=O) groups is 1. The molecule has 2 heterocycles. The SMILES string of the molecule is CN(C)S(=O)(=O)c1ccc(C(=O)N2CCN(Cc3ccc4c(c3)OCO4)CC2)cc1. The maximum Gasteiger partial charge on any atom is 0.253 e. The van der Waals surface area contributed by atoms with Crippen LogP contribution in [0.3, 0.4) is 0 Å². The molecule has 0 aromatic heterocycles. The summed E-state index contributed by atoms with van der Waals surface area (Å²) in [7, 11) is -0.533. The molecule has 0 saturated carbocycles. The highest BCUT2D eigenvalue weighted by atomic mass is 32.2. The lowest BCUT2D eigenvalue weighted by Crippen LogP contribution is -2.48. The van der Waals surface area contributed by atoms with Crippen molar-refractivity contribution in [1.29, 1.82) is 0 Å². The Morgan fingerprint density at radius 1 is 0.967 bits per heavy atom. The van der Waals surface area contributed by atoms with E-state index in [4.69, 9.17) is 9.47 Å². The molecule has 2 aliphatic heterocycles. The van der Waals surface area contributed by atoms with Crippen LogP contribution in [0, 0.1) is 0 Å². The van der Waals surface area contributed by atoms with Crippen LogP contribution in [0.2, 0.25) is 0 Å². The van der Waals surface area contributed by atoms with Crippen molar-refractivity contribution >= 4 is 15.9 Å². The van der Waals surface area contributed by atoms with Crippen molar-refractivity contribution in [3.05, 3.63) is 53.6 Å². The molecule has 4 rings (SSSR count). The summed E-state index contributed by atoms with van der Waals surface area (Å²) in [5.41, 5.74) is 1.65. The van der Waals surface area contributed by atoms with Crippen molar-refractivity contribution in [1.82, 2.24) is 14.1 Å². The fraction of sp³-hybridized carbons (Fsp3) is 0.381. The summed E-state index contributed by atoms with van der Waals surface area (Å²) in [6.45, 7) is 3.85. The Balaban J connectivity index is 1.34. The van der Waals surface area contributed by atoms with Gasteiger partial charge in [-0.3, -0.25) is 9.69 Å². The van der Waals surface area contributed by atoms with Gasteiger partial charge in [-0.25, -0.2) is 12.7 Å². The third-order valence-corrected chi connectivity index (χ3v) is 7.21. The highest BCUT2D eigenvalue weighted by Gasteiger charge is 2.24. The summed E-state index contributed by atoms with van der Waals surface area (Å²) in [6.07, 6.45) is 0. The zero-order chi connectivity index (χ0) is 21.3. The van der Waals surface area contributed by atoms with Crippen molar-refractivity contribution in [3.8, 4) is 11.5 Å². The molecule has 0 N–H and O–H groups in total. The van der Waals surface area contributed by atoms with Crippen LogP contribution in [-0.4, -0.2) is 75.5 Å². The standard InChI is InChI=1S/C21H25N3O5S/c1-22(2)30(26,27)18-6-4-17(5-7-18)21(25)24-11-9-23(10-12-24)14-16-3-8-19-20(13-16)29-15-28-19/h3-8,13H,9-12,14-15H2,1-2H3. The van der Waals surface area contributed by atoms with Crippen LogP contribution < -0.4 is 9.47 Å². The van der Waals surface area contributed by atoms with Gasteiger partial charge in [-0.1, -0.05) is 6.07 Å². The minimum absolute atomic E-state index is 0.0773. The van der Waals surface area contributed by atoms with Gasteiger partial charge in [-0.2, -0.15) is 0 Å². The maximum atomic E-state index is 12.8. The summed E-state index contributed by atoms with van der Waals surface area (Å²) in [5, 5.41) is 0. The second kappa shape index (κ2) is 8.25. The smallest absolute Gasteiger partial charge is 0.253 e. The van der Waals surface area contributed by atoms with E-state index in [1.54, 1.807) is 12.1 Å². The molecular formula is C21H25N3O5S. The molecule has 160 valence electrons. The molecule has 2 aromatic carbocycles. The summed E-state index contributed by atoms with van der Waals surface area (Å²) in [6, 6.07) is 12.1. The second-order valence-corrected chi connectivity index (χ2v) is 9.72. The first-order chi connectivity index (χ1) is 14.3. The van der Waals surface area contributed by atoms with Gasteiger partial charge < -0.3 is 14.4 Å². The number of carbonyl (C=O) groups excluding carboxylic acids is 1. The molecule has 0 unspecified atom stereocenters. The Bertz CT molecular complexity index is 1030. The molecule has 0 radical (unpaired) electrons. The number of hydrogen-bond acceptors (Lipinski definition) is 6. The monoisotopic (exact) mass is 431 g/mol. The van der Waals surface area contributed by atoms with E-state index in [1.807, 2.05) is 23.1 Å². The van der Waals surface area contributed by atoms with Gasteiger partial charge in [0.2, 0.25) is 16.8 Å². The maximum absolute atomic E-state index is 12.8. The Labute approximate surface area is 176 Å². The van der Waals surface area contributed by atoms with E-state index in [9.17, 15) is 13.2 Å². The lowest BCUT2D eigenvalue weighted by atomic mass is 10.1. The van der Waals surface area contributed by atoms with Crippen LogP contribution in [0.15, 0.2) is 47.4 Å². The van der Waals surface area contributed by atoms with Gasteiger partial charge in [0.15, 0.2) is 11.5 Å². The molecule has 1 fully saturated rings. The number of rotatable bonds is 5. The number of fused-ring (bicyclic) bond motifs is 1. The third kappa shape index (κ3) is 4.14. The molecule has 0 atom stereocenters. The molecule has 2 aliphatic rings. The minimum atomic E-state index is -3.50. The minimum Gasteiger partial charge on any atom is -0.454 e. The highest BCUT2D eigenvalue weighted by Crippen LogP contribution is 2.32. The molecule has 1 amide bonds. The van der Waals surface area contributed by atoms with Gasteiger partial charge >= 0.3 is 0 Å². The number of sulfonamides is 1. The lowest BCUT2D eigenvalue weighted by molar-refractivity contribution is 0.0628. The van der Waals surface area contributed by atoms with E-state index in [0.717, 1.165) is 41.0 Å². The highest BCUT2D eigenvalue weighted by molar-refractivity contribution is 7.89. The van der Waals surface area contributed by atoms with Gasteiger partial charge in [0.1, 0.15) is 0 Å². The summed E-state index contributed by atoms with van der Waals surface area (Å²) < 4.78 is 36.3. The summed E-state index contributed by atoms with van der Waals surface area (Å²) in [5.74, 6) is 1.48. The topological polar surface area (TPSA) is 79.4 Å². The molecular weight excluding hydrogens is 406 g/mol. The lowest BCUT2D eigenvalue weighted by Gasteiger charge is -2.34. The van der Waals surface area contributed by atoms with Crippen LogP contribution in [0.1, 0.15) is 15.9 Å². The van der Waals surface area contributed by atoms with Gasteiger partial charge in [-0.15, -0.1) is 0 Å². The van der Waals surface area contributed by atoms with Crippen LogP contribution in [0.25, 0.3) is 0 Å². The number of benzene rings is 2. The molecule has 0 bridgehead atoms. The first kappa shape index (κ1) is 20.6. The number of hydrogen-bond donors (Lipinski definition) is 0. The fourth-order valence-electron chi connectivity index (χ4n) is 3.57. The largest absolute Gasteiger partial charge is 0.454 e. The predicted octanol–water partition coefficient (Wildman–Crippen LogP) is 1.62. The van der Waals surface area contributed by atoms with E-state index in [-0.39, 0.29) is 17.6 Å².